The maximum absolute atomic E-state index is 12.6. The number of ether oxygens (including phenoxy) is 1. The number of rotatable bonds is 6. The van der Waals surface area contributed by atoms with Gasteiger partial charge in [-0.25, -0.2) is 9.78 Å². The van der Waals surface area contributed by atoms with Crippen LogP contribution in [0.4, 0.5) is 5.82 Å². The molecule has 7 nitrogen and oxygen atoms in total. The maximum Gasteiger partial charge on any atom is 0.337 e. The predicted octanol–water partition coefficient (Wildman–Crippen LogP) is 7.49. The summed E-state index contributed by atoms with van der Waals surface area (Å²) in [6, 6.07) is 15.7. The number of hydrogen-bond acceptors (Lipinski definition) is 6. The number of carboxylic acid groups (broad SMARTS) is 1. The Morgan fingerprint density at radius 1 is 1.10 bits per heavy atom. The molecule has 1 N–H and O–H groups in total. The molecule has 1 atom stereocenters. The molecule has 0 saturated heterocycles. The first-order valence-corrected chi connectivity index (χ1v) is 13.8. The molecule has 3 aromatic carbocycles. The number of aliphatic carboxylic acids is 1. The number of anilines is 1. The minimum absolute atomic E-state index is 0.608. The first-order chi connectivity index (χ1) is 18.3. The Bertz CT molecular complexity index is 1710. The van der Waals surface area contributed by atoms with Gasteiger partial charge >= 0.3 is 5.97 Å². The molecule has 0 aliphatic carbocycles. The zero-order valence-electron chi connectivity index (χ0n) is 23.0. The van der Waals surface area contributed by atoms with Gasteiger partial charge in [0.2, 0.25) is 0 Å². The van der Waals surface area contributed by atoms with Crippen LogP contribution in [0.5, 0.6) is 0 Å². The molecule has 2 heterocycles. The molecule has 0 bridgehead atoms. The molecule has 202 valence electrons. The van der Waals surface area contributed by atoms with E-state index in [9.17, 15) is 9.90 Å². The van der Waals surface area contributed by atoms with Crippen molar-refractivity contribution in [2.24, 2.45) is 7.05 Å². The van der Waals surface area contributed by atoms with Crippen molar-refractivity contribution >= 4 is 55.8 Å². The fourth-order valence-electron chi connectivity index (χ4n) is 4.87. The van der Waals surface area contributed by atoms with Crippen molar-refractivity contribution in [3.05, 3.63) is 64.7 Å². The summed E-state index contributed by atoms with van der Waals surface area (Å²) < 4.78 is 8.90. The molecule has 39 heavy (non-hydrogen) atoms. The number of fused-ring (bicyclic) bond motifs is 2. The van der Waals surface area contributed by atoms with Crippen molar-refractivity contribution in [2.75, 3.05) is 19.0 Å². The van der Waals surface area contributed by atoms with E-state index < -0.39 is 17.7 Å². The summed E-state index contributed by atoms with van der Waals surface area (Å²) in [7, 11) is 5.90. The van der Waals surface area contributed by atoms with Crippen LogP contribution >= 0.6 is 22.9 Å². The molecule has 0 aliphatic heterocycles. The molecule has 5 aromatic rings. The molecule has 9 heteroatoms. The zero-order valence-corrected chi connectivity index (χ0v) is 24.6. The number of halogens is 1. The lowest BCUT2D eigenvalue weighted by atomic mass is 9.91. The van der Waals surface area contributed by atoms with Crippen LogP contribution in [0.25, 0.3) is 42.8 Å². The van der Waals surface area contributed by atoms with Gasteiger partial charge in [0.15, 0.2) is 11.9 Å². The lowest BCUT2D eigenvalue weighted by Crippen LogP contribution is -2.28. The summed E-state index contributed by atoms with van der Waals surface area (Å²) >= 11 is 7.76. The third-order valence-electron chi connectivity index (χ3n) is 6.52. The number of nitrogens with zero attached hydrogens (tertiary/aromatic N) is 4. The first-order valence-electron chi connectivity index (χ1n) is 12.6. The number of aryl methyl sites for hydroxylation is 2. The molecule has 0 fully saturated rings. The van der Waals surface area contributed by atoms with E-state index in [0.717, 1.165) is 54.2 Å². The normalized spacial score (nSPS) is 12.8. The van der Waals surface area contributed by atoms with E-state index in [1.807, 2.05) is 88.8 Å². The molecular formula is C30H31ClN4O3S. The number of carboxylic acids is 1. The molecule has 1 unspecified atom stereocenters. The lowest BCUT2D eigenvalue weighted by molar-refractivity contribution is -0.160. The Labute approximate surface area is 236 Å². The molecule has 0 aliphatic rings. The van der Waals surface area contributed by atoms with Gasteiger partial charge in [-0.15, -0.1) is 11.3 Å². The third kappa shape index (κ3) is 5.12. The van der Waals surface area contributed by atoms with E-state index in [-0.39, 0.29) is 0 Å². The maximum atomic E-state index is 12.6. The average Bonchev–Trinajstić information content (AvgIpc) is 3.42. The second kappa shape index (κ2) is 9.93. The van der Waals surface area contributed by atoms with Gasteiger partial charge < -0.3 is 14.7 Å². The highest BCUT2D eigenvalue weighted by atomic mass is 35.5. The van der Waals surface area contributed by atoms with Crippen LogP contribution in [0.2, 0.25) is 5.02 Å². The number of thiazole rings is 1. The second-order valence-corrected chi connectivity index (χ2v) is 12.3. The highest BCUT2D eigenvalue weighted by Crippen LogP contribution is 2.44. The molecule has 0 saturated carbocycles. The van der Waals surface area contributed by atoms with E-state index in [1.54, 1.807) is 11.3 Å². The number of aromatic nitrogens is 3. The van der Waals surface area contributed by atoms with E-state index in [4.69, 9.17) is 21.3 Å². The Balaban J connectivity index is 1.78. The summed E-state index contributed by atoms with van der Waals surface area (Å²) in [5.41, 5.74) is 5.25. The van der Waals surface area contributed by atoms with Crippen LogP contribution in [0.3, 0.4) is 0 Å². The molecule has 2 aromatic heterocycles. The fraction of sp³-hybridized carbons (Fsp3) is 0.300. The zero-order chi connectivity index (χ0) is 28.2. The van der Waals surface area contributed by atoms with Gasteiger partial charge in [0.05, 0.1) is 21.3 Å². The largest absolute Gasteiger partial charge is 0.479 e. The summed E-state index contributed by atoms with van der Waals surface area (Å²) in [5.74, 6) is -0.148. The van der Waals surface area contributed by atoms with Gasteiger partial charge in [0.25, 0.3) is 0 Å². The number of carbonyl (C=O) groups is 1. The number of hydrogen-bond donors (Lipinski definition) is 1. The highest BCUT2D eigenvalue weighted by Gasteiger charge is 2.32. The third-order valence-corrected chi connectivity index (χ3v) is 7.91. The molecule has 0 amide bonds. The summed E-state index contributed by atoms with van der Waals surface area (Å²) in [5, 5.41) is 17.4. The van der Waals surface area contributed by atoms with Gasteiger partial charge in [0, 0.05) is 48.2 Å². The average molecular weight is 563 g/mol. The fourth-order valence-corrected chi connectivity index (χ4v) is 6.12. The van der Waals surface area contributed by atoms with E-state index in [0.29, 0.717) is 10.6 Å². The minimum Gasteiger partial charge on any atom is -0.479 e. The van der Waals surface area contributed by atoms with Crippen molar-refractivity contribution in [3.8, 4) is 21.7 Å². The Morgan fingerprint density at radius 3 is 2.38 bits per heavy atom. The van der Waals surface area contributed by atoms with Crippen LogP contribution in [-0.4, -0.2) is 45.5 Å². The number of benzene rings is 3. The van der Waals surface area contributed by atoms with Crippen LogP contribution in [0.15, 0.2) is 48.5 Å². The highest BCUT2D eigenvalue weighted by molar-refractivity contribution is 7.22. The van der Waals surface area contributed by atoms with Crippen molar-refractivity contribution in [3.63, 3.8) is 0 Å². The first kappa shape index (κ1) is 27.1. The monoisotopic (exact) mass is 562 g/mol. The van der Waals surface area contributed by atoms with Gasteiger partial charge in [-0.2, -0.15) is 5.10 Å². The smallest absolute Gasteiger partial charge is 0.337 e. The SMILES string of the molecule is Cc1cc2nc(-c3ccc4c(c3)c(N(C)C)nn4C)sc2c(-c2ccc(Cl)cc2)c1C(OC(C)(C)C)C(=O)O. The Morgan fingerprint density at radius 2 is 1.77 bits per heavy atom. The van der Waals surface area contributed by atoms with Crippen LogP contribution in [0, 0.1) is 6.92 Å². The van der Waals surface area contributed by atoms with E-state index in [1.165, 1.54) is 0 Å². The van der Waals surface area contributed by atoms with Crippen LogP contribution < -0.4 is 4.90 Å². The van der Waals surface area contributed by atoms with Crippen molar-refractivity contribution < 1.29 is 14.6 Å². The van der Waals surface area contributed by atoms with Crippen molar-refractivity contribution in [2.45, 2.75) is 39.4 Å². The Hall–Kier alpha value is -3.46. The van der Waals surface area contributed by atoms with Crippen LogP contribution in [-0.2, 0) is 16.6 Å². The molecule has 5 rings (SSSR count). The second-order valence-electron chi connectivity index (χ2n) is 10.9. The Kier molecular flexibility index (Phi) is 6.91. The molecule has 0 radical (unpaired) electrons. The molecule has 0 spiro atoms. The van der Waals surface area contributed by atoms with Crippen LogP contribution in [0.1, 0.15) is 38.0 Å². The van der Waals surface area contributed by atoms with Crippen molar-refractivity contribution in [1.82, 2.24) is 14.8 Å². The minimum atomic E-state index is -1.15. The standard InChI is InChI=1S/C30H31ClN4O3S/c1-16-14-21-26(39-28(32-21)18-10-13-22-20(15-18)27(34(5)6)33-35(22)7)24(17-8-11-19(31)12-9-17)23(16)25(29(36)37)38-30(2,3)4/h8-15,25H,1-7H3,(H,36,37). The summed E-state index contributed by atoms with van der Waals surface area (Å²) in [4.78, 5) is 19.6. The van der Waals surface area contributed by atoms with Gasteiger partial charge in [-0.3, -0.25) is 4.68 Å². The van der Waals surface area contributed by atoms with E-state index in [2.05, 4.69) is 23.3 Å². The summed E-state index contributed by atoms with van der Waals surface area (Å²) in [6.07, 6.45) is -1.15. The van der Waals surface area contributed by atoms with Gasteiger partial charge in [-0.1, -0.05) is 23.7 Å². The van der Waals surface area contributed by atoms with Crippen molar-refractivity contribution in [1.29, 1.82) is 0 Å². The van der Waals surface area contributed by atoms with Gasteiger partial charge in [0.1, 0.15) is 5.01 Å². The quantitative estimate of drug-likeness (QED) is 0.231. The molecular weight excluding hydrogens is 532 g/mol. The predicted molar refractivity (Wildman–Crippen MR) is 160 cm³/mol. The van der Waals surface area contributed by atoms with E-state index >= 15 is 0 Å². The topological polar surface area (TPSA) is 80.5 Å². The van der Waals surface area contributed by atoms with Gasteiger partial charge in [-0.05, 0) is 75.2 Å². The lowest BCUT2D eigenvalue weighted by Gasteiger charge is -2.28. The summed E-state index contributed by atoms with van der Waals surface area (Å²) in [6.45, 7) is 7.50.